The number of benzene rings is 1. The predicted molar refractivity (Wildman–Crippen MR) is 60.5 cm³/mol. The van der Waals surface area contributed by atoms with Crippen molar-refractivity contribution in [1.29, 1.82) is 0 Å². The number of carbonyl (C=O) groups is 1. The molecule has 0 saturated carbocycles. The lowest BCUT2D eigenvalue weighted by Crippen LogP contribution is -2.64. The Morgan fingerprint density at radius 1 is 1.40 bits per heavy atom. The van der Waals surface area contributed by atoms with Crippen LogP contribution in [0, 0.1) is 0 Å². The first-order valence-electron chi connectivity index (χ1n) is 4.54. The van der Waals surface area contributed by atoms with Crippen LogP contribution in [0.4, 0.5) is 5.69 Å². The molecule has 5 heteroatoms. The molecule has 1 aromatic carbocycles. The molecule has 1 saturated heterocycles. The monoisotopic (exact) mass is 270 g/mol. The van der Waals surface area contributed by atoms with Crippen molar-refractivity contribution in [1.82, 2.24) is 0 Å². The summed E-state index contributed by atoms with van der Waals surface area (Å²) in [6.45, 7) is 0.663. The number of nitrogens with two attached hydrogens (primary N) is 1. The Morgan fingerprint density at radius 3 is 2.40 bits per heavy atom. The Kier molecular flexibility index (Phi) is 2.67. The number of hydrogen-bond acceptors (Lipinski definition) is 3. The van der Waals surface area contributed by atoms with E-state index in [1.807, 2.05) is 24.3 Å². The van der Waals surface area contributed by atoms with E-state index in [1.54, 1.807) is 0 Å². The summed E-state index contributed by atoms with van der Waals surface area (Å²) in [7, 11) is 0. The van der Waals surface area contributed by atoms with Gasteiger partial charge in [0.25, 0.3) is 0 Å². The Labute approximate surface area is 95.9 Å². The van der Waals surface area contributed by atoms with Gasteiger partial charge < -0.3 is 15.8 Å². The Balaban J connectivity index is 2.13. The summed E-state index contributed by atoms with van der Waals surface area (Å²) in [5, 5.41) is 3.10. The third-order valence-corrected chi connectivity index (χ3v) is 2.93. The molecule has 1 heterocycles. The van der Waals surface area contributed by atoms with Gasteiger partial charge in [0.2, 0.25) is 5.91 Å². The number of hydrogen-bond donors (Lipinski definition) is 2. The first kappa shape index (κ1) is 10.4. The molecule has 0 spiro atoms. The molecule has 0 atom stereocenters. The zero-order valence-corrected chi connectivity index (χ0v) is 9.58. The molecule has 1 aromatic rings. The summed E-state index contributed by atoms with van der Waals surface area (Å²) in [4.78, 5) is 11.2. The van der Waals surface area contributed by atoms with Crippen LogP contribution in [-0.4, -0.2) is 24.7 Å². The zero-order chi connectivity index (χ0) is 10.9. The van der Waals surface area contributed by atoms with E-state index in [9.17, 15) is 4.79 Å². The third kappa shape index (κ3) is 1.98. The average molecular weight is 271 g/mol. The SMILES string of the molecule is NC(=O)C1(Nc2ccc(Br)cc2)COC1. The summed E-state index contributed by atoms with van der Waals surface area (Å²) in [5.41, 5.74) is 5.45. The molecule has 0 radical (unpaired) electrons. The minimum Gasteiger partial charge on any atom is -0.375 e. The van der Waals surface area contributed by atoms with E-state index in [4.69, 9.17) is 10.5 Å². The van der Waals surface area contributed by atoms with E-state index in [0.29, 0.717) is 13.2 Å². The van der Waals surface area contributed by atoms with Gasteiger partial charge in [0.15, 0.2) is 5.54 Å². The number of ether oxygens (including phenoxy) is 1. The molecule has 1 aliphatic heterocycles. The van der Waals surface area contributed by atoms with Gasteiger partial charge in [-0.15, -0.1) is 0 Å². The second kappa shape index (κ2) is 3.83. The lowest BCUT2D eigenvalue weighted by atomic mass is 9.96. The van der Waals surface area contributed by atoms with E-state index in [1.165, 1.54) is 0 Å². The van der Waals surface area contributed by atoms with Crippen LogP contribution >= 0.6 is 15.9 Å². The van der Waals surface area contributed by atoms with Gasteiger partial charge in [-0.25, -0.2) is 0 Å². The molecule has 2 rings (SSSR count). The average Bonchev–Trinajstić information content (AvgIpc) is 2.13. The zero-order valence-electron chi connectivity index (χ0n) is 8.00. The molecule has 0 aliphatic carbocycles. The van der Waals surface area contributed by atoms with E-state index in [0.717, 1.165) is 10.2 Å². The van der Waals surface area contributed by atoms with Gasteiger partial charge in [-0.3, -0.25) is 4.79 Å². The van der Waals surface area contributed by atoms with Gasteiger partial charge in [-0.05, 0) is 24.3 Å². The number of primary amides is 1. The number of carbonyl (C=O) groups excluding carboxylic acids is 1. The fourth-order valence-electron chi connectivity index (χ4n) is 1.39. The minimum atomic E-state index is -0.728. The number of nitrogens with one attached hydrogen (secondary N) is 1. The lowest BCUT2D eigenvalue weighted by Gasteiger charge is -2.39. The standard InChI is InChI=1S/C10H11BrN2O2/c11-7-1-3-8(4-2-7)13-10(9(12)14)5-15-6-10/h1-4,13H,5-6H2,(H2,12,14). The van der Waals surface area contributed by atoms with Gasteiger partial charge in [0.1, 0.15) is 0 Å². The quantitative estimate of drug-likeness (QED) is 0.865. The maximum absolute atomic E-state index is 11.2. The van der Waals surface area contributed by atoms with Crippen molar-refractivity contribution in [2.45, 2.75) is 5.54 Å². The van der Waals surface area contributed by atoms with Crippen molar-refractivity contribution in [2.75, 3.05) is 18.5 Å². The van der Waals surface area contributed by atoms with Gasteiger partial charge in [0, 0.05) is 10.2 Å². The van der Waals surface area contributed by atoms with Crippen molar-refractivity contribution < 1.29 is 9.53 Å². The summed E-state index contributed by atoms with van der Waals surface area (Å²) in [6.07, 6.45) is 0. The van der Waals surface area contributed by atoms with E-state index in [-0.39, 0.29) is 5.91 Å². The molecule has 80 valence electrons. The lowest BCUT2D eigenvalue weighted by molar-refractivity contribution is -0.137. The molecule has 0 unspecified atom stereocenters. The van der Waals surface area contributed by atoms with Crippen LogP contribution in [0.1, 0.15) is 0 Å². The maximum atomic E-state index is 11.2. The highest BCUT2D eigenvalue weighted by Gasteiger charge is 2.44. The number of rotatable bonds is 3. The van der Waals surface area contributed by atoms with Crippen molar-refractivity contribution in [3.05, 3.63) is 28.7 Å². The highest BCUT2D eigenvalue weighted by Crippen LogP contribution is 2.24. The van der Waals surface area contributed by atoms with Gasteiger partial charge >= 0.3 is 0 Å². The summed E-state index contributed by atoms with van der Waals surface area (Å²) in [5.74, 6) is -0.378. The number of amides is 1. The highest BCUT2D eigenvalue weighted by atomic mass is 79.9. The van der Waals surface area contributed by atoms with Crippen LogP contribution in [0.15, 0.2) is 28.7 Å². The van der Waals surface area contributed by atoms with Crippen molar-refractivity contribution in [2.24, 2.45) is 5.73 Å². The summed E-state index contributed by atoms with van der Waals surface area (Å²) >= 11 is 3.34. The second-order valence-corrected chi connectivity index (χ2v) is 4.49. The normalized spacial score (nSPS) is 17.9. The highest BCUT2D eigenvalue weighted by molar-refractivity contribution is 9.10. The van der Waals surface area contributed by atoms with Gasteiger partial charge in [0.05, 0.1) is 13.2 Å². The Hall–Kier alpha value is -1.07. The maximum Gasteiger partial charge on any atom is 0.247 e. The predicted octanol–water partition coefficient (Wildman–Crippen LogP) is 1.12. The topological polar surface area (TPSA) is 64.4 Å². The second-order valence-electron chi connectivity index (χ2n) is 3.57. The minimum absolute atomic E-state index is 0.332. The van der Waals surface area contributed by atoms with E-state index < -0.39 is 5.54 Å². The summed E-state index contributed by atoms with van der Waals surface area (Å²) in [6, 6.07) is 7.56. The molecule has 3 N–H and O–H groups in total. The first-order chi connectivity index (χ1) is 7.12. The molecule has 1 amide bonds. The van der Waals surface area contributed by atoms with Crippen LogP contribution in [0.25, 0.3) is 0 Å². The van der Waals surface area contributed by atoms with Crippen LogP contribution in [0.3, 0.4) is 0 Å². The fraction of sp³-hybridized carbons (Fsp3) is 0.300. The number of halogens is 1. The number of anilines is 1. The van der Waals surface area contributed by atoms with Crippen molar-refractivity contribution in [3.8, 4) is 0 Å². The fourth-order valence-corrected chi connectivity index (χ4v) is 1.66. The van der Waals surface area contributed by atoms with Crippen molar-refractivity contribution >= 4 is 27.5 Å². The molecule has 0 aromatic heterocycles. The molecule has 1 aliphatic rings. The molecule has 1 fully saturated rings. The largest absolute Gasteiger partial charge is 0.375 e. The molecule has 15 heavy (non-hydrogen) atoms. The first-order valence-corrected chi connectivity index (χ1v) is 5.33. The summed E-state index contributed by atoms with van der Waals surface area (Å²) < 4.78 is 6.01. The van der Waals surface area contributed by atoms with E-state index in [2.05, 4.69) is 21.2 Å². The Bertz CT molecular complexity index is 374. The Morgan fingerprint density at radius 2 is 2.00 bits per heavy atom. The molecular formula is C10H11BrN2O2. The molecular weight excluding hydrogens is 260 g/mol. The third-order valence-electron chi connectivity index (χ3n) is 2.40. The van der Waals surface area contributed by atoms with Crippen LogP contribution in [-0.2, 0) is 9.53 Å². The van der Waals surface area contributed by atoms with Crippen molar-refractivity contribution in [3.63, 3.8) is 0 Å². The van der Waals surface area contributed by atoms with E-state index >= 15 is 0 Å². The van der Waals surface area contributed by atoms with Gasteiger partial charge in [-0.2, -0.15) is 0 Å². The smallest absolute Gasteiger partial charge is 0.247 e. The van der Waals surface area contributed by atoms with Gasteiger partial charge in [-0.1, -0.05) is 15.9 Å². The van der Waals surface area contributed by atoms with Crippen LogP contribution in [0.2, 0.25) is 0 Å². The van der Waals surface area contributed by atoms with Crippen LogP contribution in [0.5, 0.6) is 0 Å². The van der Waals surface area contributed by atoms with Crippen LogP contribution < -0.4 is 11.1 Å². The molecule has 4 nitrogen and oxygen atoms in total. The molecule has 0 bridgehead atoms.